The highest BCUT2D eigenvalue weighted by molar-refractivity contribution is 5.96. The first-order valence-corrected chi connectivity index (χ1v) is 12.6. The number of hydrogen-bond acceptors (Lipinski definition) is 4. The predicted octanol–water partition coefficient (Wildman–Crippen LogP) is 6.84. The quantitative estimate of drug-likeness (QED) is 0.172. The molecule has 0 saturated heterocycles. The van der Waals surface area contributed by atoms with E-state index in [1.54, 1.807) is 18.2 Å². The normalized spacial score (nSPS) is 19.4. The highest BCUT2D eigenvalue weighted by Gasteiger charge is 2.44. The smallest absolute Gasteiger partial charge is 0.416 e. The summed E-state index contributed by atoms with van der Waals surface area (Å²) in [6.45, 7) is 0. The van der Waals surface area contributed by atoms with Gasteiger partial charge in [-0.3, -0.25) is 5.41 Å². The zero-order valence-corrected chi connectivity index (χ0v) is 21.0. The summed E-state index contributed by atoms with van der Waals surface area (Å²) in [6.07, 6.45) is -3.76. The number of amidine groups is 1. The first-order chi connectivity index (χ1) is 18.7. The molecule has 1 aliphatic heterocycles. The summed E-state index contributed by atoms with van der Waals surface area (Å²) in [5.41, 5.74) is 11.5. The zero-order chi connectivity index (χ0) is 27.5. The van der Waals surface area contributed by atoms with Gasteiger partial charge >= 0.3 is 6.18 Å². The van der Waals surface area contributed by atoms with Gasteiger partial charge in [-0.2, -0.15) is 13.2 Å². The number of nitrogens with two attached hydrogens (primary N) is 1. The standard InChI is InChI=1S/C31H26F3N3O2/c1-39-27-15-22(21(14-26(27)38)16-6-4-7-19(11-16)31(32,33)34)29-24-12-17-5-2-3-8-20(17)28(24)23-13-18(30(35)36)9-10-25(23)37-29/h2-11,13-15,24,28-29,37-38H,12H2,1H3,(H3,35,36). The molecule has 8 heteroatoms. The number of phenols is 1. The lowest BCUT2D eigenvalue weighted by molar-refractivity contribution is -0.137. The molecule has 5 nitrogen and oxygen atoms in total. The number of aromatic hydroxyl groups is 1. The Hall–Kier alpha value is -4.46. The summed E-state index contributed by atoms with van der Waals surface area (Å²) in [5, 5.41) is 22.3. The van der Waals surface area contributed by atoms with Crippen molar-refractivity contribution in [2.75, 3.05) is 12.4 Å². The van der Waals surface area contributed by atoms with Gasteiger partial charge in [-0.15, -0.1) is 0 Å². The monoisotopic (exact) mass is 529 g/mol. The maximum atomic E-state index is 13.6. The largest absolute Gasteiger partial charge is 0.504 e. The van der Waals surface area contributed by atoms with Crippen LogP contribution in [0.2, 0.25) is 0 Å². The van der Waals surface area contributed by atoms with Crippen molar-refractivity contribution in [1.29, 1.82) is 5.41 Å². The molecule has 39 heavy (non-hydrogen) atoms. The fraction of sp³-hybridized carbons (Fsp3) is 0.194. The Labute approximate surface area is 223 Å². The predicted molar refractivity (Wildman–Crippen MR) is 144 cm³/mol. The molecular formula is C31H26F3N3O2. The molecule has 0 fully saturated rings. The van der Waals surface area contributed by atoms with Gasteiger partial charge in [0.15, 0.2) is 11.5 Å². The number of phenolic OH excluding ortho intramolecular Hbond substituents is 1. The van der Waals surface area contributed by atoms with Crippen LogP contribution in [0.15, 0.2) is 78.9 Å². The van der Waals surface area contributed by atoms with Gasteiger partial charge < -0.3 is 20.9 Å². The van der Waals surface area contributed by atoms with E-state index in [1.165, 1.54) is 30.4 Å². The van der Waals surface area contributed by atoms with Gasteiger partial charge in [0, 0.05) is 17.2 Å². The number of rotatable bonds is 4. The van der Waals surface area contributed by atoms with Gasteiger partial charge in [0.1, 0.15) is 5.84 Å². The topological polar surface area (TPSA) is 91.4 Å². The van der Waals surface area contributed by atoms with Crippen LogP contribution in [0.5, 0.6) is 11.5 Å². The second kappa shape index (κ2) is 9.08. The van der Waals surface area contributed by atoms with Gasteiger partial charge in [-0.05, 0) is 88.2 Å². The van der Waals surface area contributed by atoms with Gasteiger partial charge in [0.05, 0.1) is 18.7 Å². The van der Waals surface area contributed by atoms with Crippen LogP contribution in [0.25, 0.3) is 11.1 Å². The van der Waals surface area contributed by atoms with Crippen molar-refractivity contribution in [1.82, 2.24) is 0 Å². The maximum absolute atomic E-state index is 13.6. The molecule has 0 bridgehead atoms. The van der Waals surface area contributed by atoms with Crippen molar-refractivity contribution in [3.05, 3.63) is 112 Å². The molecule has 0 radical (unpaired) electrons. The van der Waals surface area contributed by atoms with E-state index in [0.717, 1.165) is 35.4 Å². The second-order valence-corrected chi connectivity index (χ2v) is 10.1. The van der Waals surface area contributed by atoms with Gasteiger partial charge in [-0.1, -0.05) is 36.4 Å². The van der Waals surface area contributed by atoms with Crippen LogP contribution in [-0.4, -0.2) is 18.1 Å². The number of benzene rings is 4. The Morgan fingerprint density at radius 1 is 0.974 bits per heavy atom. The summed E-state index contributed by atoms with van der Waals surface area (Å²) in [5.74, 6) is 0.0687. The molecule has 198 valence electrons. The Morgan fingerprint density at radius 3 is 2.51 bits per heavy atom. The van der Waals surface area contributed by atoms with Crippen molar-refractivity contribution >= 4 is 11.5 Å². The first kappa shape index (κ1) is 24.9. The van der Waals surface area contributed by atoms with Crippen LogP contribution >= 0.6 is 0 Å². The van der Waals surface area contributed by atoms with Gasteiger partial charge in [0.25, 0.3) is 0 Å². The van der Waals surface area contributed by atoms with E-state index in [9.17, 15) is 18.3 Å². The number of anilines is 1. The molecule has 2 aliphatic rings. The molecule has 0 spiro atoms. The molecule has 1 aliphatic carbocycles. The summed E-state index contributed by atoms with van der Waals surface area (Å²) < 4.78 is 46.3. The number of hydrogen-bond donors (Lipinski definition) is 4. The lowest BCUT2D eigenvalue weighted by Crippen LogP contribution is -2.31. The second-order valence-electron chi connectivity index (χ2n) is 10.1. The number of fused-ring (bicyclic) bond motifs is 5. The lowest BCUT2D eigenvalue weighted by atomic mass is 9.74. The zero-order valence-electron chi connectivity index (χ0n) is 21.0. The van der Waals surface area contributed by atoms with E-state index in [4.69, 9.17) is 15.9 Å². The lowest BCUT2D eigenvalue weighted by Gasteiger charge is -2.39. The molecule has 6 rings (SSSR count). The minimum absolute atomic E-state index is 0.0101. The Morgan fingerprint density at radius 2 is 1.77 bits per heavy atom. The molecule has 0 aromatic heterocycles. The Kier molecular flexibility index (Phi) is 5.79. The fourth-order valence-electron chi connectivity index (χ4n) is 6.15. The SMILES string of the molecule is COc1cc(C2Nc3ccc(C(=N)N)cc3C3c4ccccc4CC23)c(-c2cccc(C(F)(F)F)c2)cc1O. The average molecular weight is 530 g/mol. The van der Waals surface area contributed by atoms with Crippen molar-refractivity contribution in [3.63, 3.8) is 0 Å². The van der Waals surface area contributed by atoms with Crippen molar-refractivity contribution in [2.24, 2.45) is 11.7 Å². The summed E-state index contributed by atoms with van der Waals surface area (Å²) in [6, 6.07) is 21.9. The van der Waals surface area contributed by atoms with Crippen LogP contribution in [0.1, 0.15) is 45.3 Å². The molecule has 3 atom stereocenters. The molecule has 4 aromatic rings. The van der Waals surface area contributed by atoms with Gasteiger partial charge in [-0.25, -0.2) is 0 Å². The highest BCUT2D eigenvalue weighted by atomic mass is 19.4. The van der Waals surface area contributed by atoms with E-state index < -0.39 is 11.7 Å². The number of ether oxygens (including phenoxy) is 1. The Bertz CT molecular complexity index is 1620. The van der Waals surface area contributed by atoms with Crippen LogP contribution in [0, 0.1) is 11.3 Å². The molecule has 0 amide bonds. The summed E-state index contributed by atoms with van der Waals surface area (Å²) in [4.78, 5) is 0. The average Bonchev–Trinajstić information content (AvgIpc) is 3.32. The van der Waals surface area contributed by atoms with E-state index >= 15 is 0 Å². The molecule has 3 unspecified atom stereocenters. The fourth-order valence-corrected chi connectivity index (χ4v) is 6.15. The molecule has 4 aromatic carbocycles. The number of nitrogens with one attached hydrogen (secondary N) is 2. The van der Waals surface area contributed by atoms with Gasteiger partial charge in [0.2, 0.25) is 0 Å². The first-order valence-electron chi connectivity index (χ1n) is 12.6. The number of nitrogen functional groups attached to an aromatic ring is 1. The van der Waals surface area contributed by atoms with Crippen molar-refractivity contribution < 1.29 is 23.0 Å². The van der Waals surface area contributed by atoms with Crippen molar-refractivity contribution in [3.8, 4) is 22.6 Å². The summed E-state index contributed by atoms with van der Waals surface area (Å²) in [7, 11) is 1.45. The van der Waals surface area contributed by atoms with E-state index in [2.05, 4.69) is 17.4 Å². The van der Waals surface area contributed by atoms with E-state index in [-0.39, 0.29) is 35.2 Å². The number of halogens is 3. The van der Waals surface area contributed by atoms with E-state index in [1.807, 2.05) is 24.3 Å². The minimum Gasteiger partial charge on any atom is -0.504 e. The van der Waals surface area contributed by atoms with E-state index in [0.29, 0.717) is 16.7 Å². The van der Waals surface area contributed by atoms with Crippen LogP contribution in [0.3, 0.4) is 0 Å². The summed E-state index contributed by atoms with van der Waals surface area (Å²) >= 11 is 0. The molecule has 0 saturated carbocycles. The molecule has 1 heterocycles. The third kappa shape index (κ3) is 4.16. The van der Waals surface area contributed by atoms with Crippen LogP contribution in [0.4, 0.5) is 18.9 Å². The van der Waals surface area contributed by atoms with Crippen LogP contribution in [-0.2, 0) is 12.6 Å². The highest BCUT2D eigenvalue weighted by Crippen LogP contribution is 2.55. The minimum atomic E-state index is -4.50. The number of methoxy groups -OCH3 is 1. The molecule has 5 N–H and O–H groups in total. The third-order valence-corrected chi connectivity index (χ3v) is 7.90. The molecular weight excluding hydrogens is 503 g/mol. The van der Waals surface area contributed by atoms with Crippen LogP contribution < -0.4 is 15.8 Å². The third-order valence-electron chi connectivity index (χ3n) is 7.90. The number of alkyl halides is 3. The Balaban J connectivity index is 1.56. The maximum Gasteiger partial charge on any atom is 0.416 e. The van der Waals surface area contributed by atoms with Crippen molar-refractivity contribution in [2.45, 2.75) is 24.6 Å².